The van der Waals surface area contributed by atoms with Crippen LogP contribution in [0.1, 0.15) is 264 Å². The van der Waals surface area contributed by atoms with E-state index in [1.807, 2.05) is 6.08 Å². The predicted molar refractivity (Wildman–Crippen MR) is 387 cm³/mol. The first kappa shape index (κ1) is 88.9. The molecule has 3 aliphatic heterocycles. The number of amides is 1. The molecule has 0 aromatic heterocycles. The number of unbranched alkanes of at least 4 members (excludes halogenated alkanes) is 29. The molecule has 3 rings (SSSR count). The highest BCUT2D eigenvalue weighted by Gasteiger charge is 2.53. The minimum absolute atomic E-state index is 0.242. The zero-order chi connectivity index (χ0) is 71.1. The lowest BCUT2D eigenvalue weighted by Crippen LogP contribution is -2.66. The number of carbonyl (C=O) groups is 1. The molecule has 0 saturated carbocycles. The number of rotatable bonds is 59. The maximum absolute atomic E-state index is 13.4. The van der Waals surface area contributed by atoms with E-state index >= 15 is 0 Å². The van der Waals surface area contributed by atoms with Crippen LogP contribution >= 0.6 is 0 Å². The van der Waals surface area contributed by atoms with Gasteiger partial charge in [0.2, 0.25) is 5.91 Å². The Morgan fingerprint density at radius 2 is 0.704 bits per heavy atom. The van der Waals surface area contributed by atoms with Gasteiger partial charge in [-0.15, -0.1) is 0 Å². The third-order valence-electron chi connectivity index (χ3n) is 18.6. The van der Waals surface area contributed by atoms with Gasteiger partial charge in [0.25, 0.3) is 0 Å². The average Bonchev–Trinajstić information content (AvgIpc) is 0.785. The van der Waals surface area contributed by atoms with Crippen molar-refractivity contribution in [2.75, 3.05) is 26.4 Å². The molecule has 17 unspecified atom stereocenters. The second-order valence-electron chi connectivity index (χ2n) is 27.1. The maximum atomic E-state index is 13.4. The highest BCUT2D eigenvalue weighted by Crippen LogP contribution is 2.33. The van der Waals surface area contributed by atoms with Crippen LogP contribution in [-0.4, -0.2) is 193 Å². The van der Waals surface area contributed by atoms with Gasteiger partial charge >= 0.3 is 0 Å². The summed E-state index contributed by atoms with van der Waals surface area (Å²) in [6.07, 6.45) is 52.8. The van der Waals surface area contributed by atoms with Gasteiger partial charge in [0.1, 0.15) is 73.2 Å². The van der Waals surface area contributed by atoms with E-state index in [0.717, 1.165) is 89.9 Å². The Balaban J connectivity index is 1.28. The van der Waals surface area contributed by atoms with Crippen LogP contribution in [0.2, 0.25) is 0 Å². The van der Waals surface area contributed by atoms with E-state index in [4.69, 9.17) is 28.4 Å². The van der Waals surface area contributed by atoms with Crippen LogP contribution in [0.4, 0.5) is 0 Å². The van der Waals surface area contributed by atoms with Gasteiger partial charge in [-0.3, -0.25) is 4.79 Å². The minimum Gasteiger partial charge on any atom is -0.394 e. The SMILES string of the molecule is CC/C=C\C/C=C\C/C=C\C/C=C\C/C=C\C/C=C\C/C=C\CCCCCCCCCCCCCCCCCCCCCC(=O)NC(COC1OC(CO)C(OC2OC(CO)C(OC3OC(CO)C(O)C(O)C3O)C(O)C2O)C(O)C1O)C(O)/C=C/CCCCCCCCCCCC. The number of allylic oxidation sites excluding steroid dienone is 15. The Labute approximate surface area is 590 Å². The van der Waals surface area contributed by atoms with E-state index < -0.39 is 124 Å². The molecule has 0 spiro atoms. The first-order valence-electron chi connectivity index (χ1n) is 38.5. The third-order valence-corrected chi connectivity index (χ3v) is 18.6. The summed E-state index contributed by atoms with van der Waals surface area (Å²) in [5.74, 6) is -0.276. The summed E-state index contributed by atoms with van der Waals surface area (Å²) < 4.78 is 34.3. The fraction of sp³-hybridized carbons (Fsp3) is 0.785. The van der Waals surface area contributed by atoms with Gasteiger partial charge in [0.15, 0.2) is 18.9 Å². The molecule has 98 heavy (non-hydrogen) atoms. The normalized spacial score (nSPS) is 27.3. The van der Waals surface area contributed by atoms with E-state index in [9.17, 15) is 61.0 Å². The molecule has 3 heterocycles. The number of ether oxygens (including phenoxy) is 6. The van der Waals surface area contributed by atoms with Gasteiger partial charge in [-0.1, -0.05) is 278 Å². The molecule has 12 N–H and O–H groups in total. The van der Waals surface area contributed by atoms with Crippen molar-refractivity contribution in [2.45, 2.75) is 369 Å². The topological polar surface area (TPSA) is 307 Å². The number of carbonyl (C=O) groups excluding carboxylic acids is 1. The second kappa shape index (κ2) is 59.1. The van der Waals surface area contributed by atoms with Crippen molar-refractivity contribution in [1.29, 1.82) is 0 Å². The quantitative estimate of drug-likeness (QED) is 0.0199. The Kier molecular flexibility index (Phi) is 53.7. The van der Waals surface area contributed by atoms with Crippen molar-refractivity contribution in [2.24, 2.45) is 0 Å². The number of hydrogen-bond acceptors (Lipinski definition) is 18. The molecular formula is C79H137NO18. The van der Waals surface area contributed by atoms with E-state index in [1.165, 1.54) is 148 Å². The summed E-state index contributed by atoms with van der Waals surface area (Å²) in [4.78, 5) is 13.4. The average molecular weight is 1390 g/mol. The number of aliphatic hydroxyl groups is 11. The molecule has 0 aromatic carbocycles. The molecule has 19 nitrogen and oxygen atoms in total. The molecular weight excluding hydrogens is 1250 g/mol. The monoisotopic (exact) mass is 1390 g/mol. The zero-order valence-corrected chi connectivity index (χ0v) is 60.2. The molecule has 3 aliphatic rings. The van der Waals surface area contributed by atoms with Crippen LogP contribution in [0.5, 0.6) is 0 Å². The van der Waals surface area contributed by atoms with Crippen molar-refractivity contribution >= 4 is 5.91 Å². The van der Waals surface area contributed by atoms with Gasteiger partial charge in [0.05, 0.1) is 38.6 Å². The van der Waals surface area contributed by atoms with Crippen molar-refractivity contribution in [3.05, 3.63) is 97.2 Å². The summed E-state index contributed by atoms with van der Waals surface area (Å²) in [6, 6.07) is -0.975. The molecule has 566 valence electrons. The second-order valence-corrected chi connectivity index (χ2v) is 27.1. The minimum atomic E-state index is -1.98. The maximum Gasteiger partial charge on any atom is 0.220 e. The van der Waals surface area contributed by atoms with Gasteiger partial charge < -0.3 is 89.9 Å². The van der Waals surface area contributed by atoms with E-state index in [1.54, 1.807) is 6.08 Å². The van der Waals surface area contributed by atoms with Crippen LogP contribution < -0.4 is 5.32 Å². The molecule has 19 heteroatoms. The highest BCUT2D eigenvalue weighted by molar-refractivity contribution is 5.76. The molecule has 3 saturated heterocycles. The van der Waals surface area contributed by atoms with Crippen molar-refractivity contribution in [1.82, 2.24) is 5.32 Å². The predicted octanol–water partition coefficient (Wildman–Crippen LogP) is 12.0. The lowest BCUT2D eigenvalue weighted by atomic mass is 9.96. The fourth-order valence-corrected chi connectivity index (χ4v) is 12.5. The Hall–Kier alpha value is -3.29. The largest absolute Gasteiger partial charge is 0.394 e. The summed E-state index contributed by atoms with van der Waals surface area (Å²) in [7, 11) is 0. The number of nitrogens with one attached hydrogen (secondary N) is 1. The number of hydrogen-bond donors (Lipinski definition) is 12. The van der Waals surface area contributed by atoms with Gasteiger partial charge in [-0.25, -0.2) is 0 Å². The summed E-state index contributed by atoms with van der Waals surface area (Å²) in [6.45, 7) is 1.60. The van der Waals surface area contributed by atoms with Gasteiger partial charge in [-0.05, 0) is 77.0 Å². The van der Waals surface area contributed by atoms with E-state index in [-0.39, 0.29) is 18.9 Å². The summed E-state index contributed by atoms with van der Waals surface area (Å²) in [5.41, 5.74) is 0. The highest BCUT2D eigenvalue weighted by atomic mass is 16.8. The molecule has 3 fully saturated rings. The molecule has 1 amide bonds. The van der Waals surface area contributed by atoms with E-state index in [0.29, 0.717) is 6.42 Å². The van der Waals surface area contributed by atoms with Crippen LogP contribution in [0.25, 0.3) is 0 Å². The van der Waals surface area contributed by atoms with Crippen LogP contribution in [0.3, 0.4) is 0 Å². The summed E-state index contributed by atoms with van der Waals surface area (Å²) in [5, 5.41) is 120. The Bertz CT molecular complexity index is 2150. The van der Waals surface area contributed by atoms with Crippen LogP contribution in [0, 0.1) is 0 Å². The van der Waals surface area contributed by atoms with Crippen molar-refractivity contribution in [3.63, 3.8) is 0 Å². The third kappa shape index (κ3) is 39.4. The Morgan fingerprint density at radius 1 is 0.378 bits per heavy atom. The molecule has 0 aliphatic carbocycles. The van der Waals surface area contributed by atoms with Crippen LogP contribution in [-0.2, 0) is 33.2 Å². The van der Waals surface area contributed by atoms with Gasteiger partial charge in [-0.2, -0.15) is 0 Å². The summed E-state index contributed by atoms with van der Waals surface area (Å²) >= 11 is 0. The Morgan fingerprint density at radius 3 is 1.10 bits per heavy atom. The van der Waals surface area contributed by atoms with Crippen LogP contribution in [0.15, 0.2) is 97.2 Å². The first-order chi connectivity index (χ1) is 47.8. The van der Waals surface area contributed by atoms with Crippen molar-refractivity contribution < 1.29 is 89.4 Å². The van der Waals surface area contributed by atoms with Crippen molar-refractivity contribution in [3.8, 4) is 0 Å². The molecule has 17 atom stereocenters. The standard InChI is InChI=1S/C79H137NO18/c1-3-5-7-9-11-13-15-17-18-19-20-21-22-23-24-25-26-27-28-29-30-31-32-33-34-35-36-37-38-39-40-41-42-43-44-45-47-49-51-53-55-57-67(85)80-62(63(84)56-54-52-50-48-46-16-14-12-10-8-6-4-2)61-93-77-73(91)70(88)75(65(59-82)95-77)98-79-74(92)71(89)76(66(60-83)96-79)97-78-72(90)69(87)68(86)64(58-81)94-78/h5,7,11,13,17-18,20-21,23-24,26-27,29-30,54,56,62-66,68-79,81-84,86-92H,3-4,6,8-10,12,14-16,19,22,25,28,31-53,55,57-61H2,1-2H3,(H,80,85)/b7-5-,13-11-,18-17-,21-20-,24-23-,27-26-,30-29-,56-54+. The fourth-order valence-electron chi connectivity index (χ4n) is 12.5. The molecule has 0 bridgehead atoms. The van der Waals surface area contributed by atoms with E-state index in [2.05, 4.69) is 104 Å². The lowest BCUT2D eigenvalue weighted by Gasteiger charge is -2.48. The number of aliphatic hydroxyl groups excluding tert-OH is 11. The zero-order valence-electron chi connectivity index (χ0n) is 60.2. The molecule has 0 aromatic rings. The first-order valence-corrected chi connectivity index (χ1v) is 38.5. The molecule has 0 radical (unpaired) electrons. The van der Waals surface area contributed by atoms with Gasteiger partial charge in [0, 0.05) is 6.42 Å². The lowest BCUT2D eigenvalue weighted by molar-refractivity contribution is -0.379. The smallest absolute Gasteiger partial charge is 0.220 e.